The van der Waals surface area contributed by atoms with E-state index in [2.05, 4.69) is 58.0 Å². The van der Waals surface area contributed by atoms with Crippen molar-refractivity contribution in [2.75, 3.05) is 6.54 Å². The summed E-state index contributed by atoms with van der Waals surface area (Å²) in [6.45, 7) is 9.86. The van der Waals surface area contributed by atoms with Gasteiger partial charge in [-0.2, -0.15) is 0 Å². The zero-order chi connectivity index (χ0) is 12.2. The van der Waals surface area contributed by atoms with Crippen LogP contribution < -0.4 is 5.73 Å². The molecule has 1 aromatic rings. The van der Waals surface area contributed by atoms with Gasteiger partial charge in [-0.3, -0.25) is 0 Å². The molecule has 0 bridgehead atoms. The predicted octanol–water partition coefficient (Wildman–Crippen LogP) is 3.80. The van der Waals surface area contributed by atoms with Crippen LogP contribution in [0, 0.1) is 11.3 Å². The highest BCUT2D eigenvalue weighted by Crippen LogP contribution is 2.35. The van der Waals surface area contributed by atoms with E-state index in [9.17, 15) is 0 Å². The molecule has 0 radical (unpaired) electrons. The second kappa shape index (κ2) is 5.49. The molecule has 0 aromatic heterocycles. The summed E-state index contributed by atoms with van der Waals surface area (Å²) in [6, 6.07) is 10.8. The number of hydrogen-bond donors (Lipinski definition) is 1. The summed E-state index contributed by atoms with van der Waals surface area (Å²) >= 11 is 0. The second-order valence-electron chi connectivity index (χ2n) is 5.83. The van der Waals surface area contributed by atoms with Gasteiger partial charge in [-0.25, -0.2) is 0 Å². The summed E-state index contributed by atoms with van der Waals surface area (Å²) in [5.41, 5.74) is 7.50. The molecule has 1 unspecified atom stereocenters. The van der Waals surface area contributed by atoms with Gasteiger partial charge < -0.3 is 5.73 Å². The van der Waals surface area contributed by atoms with Crippen molar-refractivity contribution in [3.05, 3.63) is 35.9 Å². The standard InChI is InChI=1S/C15H25N/c1-12(2)14(10-15(3,4)11-16)13-8-6-5-7-9-13/h5-9,12,14H,10-11,16H2,1-4H3. The monoisotopic (exact) mass is 219 g/mol. The molecule has 1 aromatic carbocycles. The third-order valence-electron chi connectivity index (χ3n) is 3.36. The van der Waals surface area contributed by atoms with Crippen LogP contribution in [0.15, 0.2) is 30.3 Å². The molecular weight excluding hydrogens is 194 g/mol. The van der Waals surface area contributed by atoms with Crippen molar-refractivity contribution >= 4 is 0 Å². The van der Waals surface area contributed by atoms with Gasteiger partial charge in [0, 0.05) is 0 Å². The quantitative estimate of drug-likeness (QED) is 0.801. The minimum atomic E-state index is 0.227. The summed E-state index contributed by atoms with van der Waals surface area (Å²) in [5.74, 6) is 1.27. The van der Waals surface area contributed by atoms with E-state index in [4.69, 9.17) is 5.73 Å². The van der Waals surface area contributed by atoms with Crippen LogP contribution in [-0.2, 0) is 0 Å². The van der Waals surface area contributed by atoms with E-state index in [1.807, 2.05) is 0 Å². The van der Waals surface area contributed by atoms with Crippen LogP contribution in [-0.4, -0.2) is 6.54 Å². The molecule has 1 heteroatoms. The molecule has 0 amide bonds. The minimum absolute atomic E-state index is 0.227. The minimum Gasteiger partial charge on any atom is -0.330 e. The van der Waals surface area contributed by atoms with Gasteiger partial charge in [-0.15, -0.1) is 0 Å². The maximum absolute atomic E-state index is 5.83. The van der Waals surface area contributed by atoms with Crippen LogP contribution in [0.3, 0.4) is 0 Å². The van der Waals surface area contributed by atoms with Crippen molar-refractivity contribution in [1.29, 1.82) is 0 Å². The molecule has 1 rings (SSSR count). The average Bonchev–Trinajstić information content (AvgIpc) is 2.27. The van der Waals surface area contributed by atoms with Gasteiger partial charge in [0.25, 0.3) is 0 Å². The van der Waals surface area contributed by atoms with E-state index in [0.717, 1.165) is 13.0 Å². The molecule has 2 N–H and O–H groups in total. The second-order valence-corrected chi connectivity index (χ2v) is 5.83. The van der Waals surface area contributed by atoms with Gasteiger partial charge in [-0.05, 0) is 35.8 Å². The Morgan fingerprint density at radius 1 is 1.12 bits per heavy atom. The Labute approximate surface area is 100 Å². The van der Waals surface area contributed by atoms with Crippen molar-refractivity contribution < 1.29 is 0 Å². The lowest BCUT2D eigenvalue weighted by Crippen LogP contribution is -2.27. The molecule has 16 heavy (non-hydrogen) atoms. The van der Waals surface area contributed by atoms with Gasteiger partial charge in [0.05, 0.1) is 0 Å². The SMILES string of the molecule is CC(C)C(CC(C)(C)CN)c1ccccc1. The first-order chi connectivity index (χ1) is 7.46. The van der Waals surface area contributed by atoms with Crippen LogP contribution in [0.25, 0.3) is 0 Å². The van der Waals surface area contributed by atoms with Gasteiger partial charge >= 0.3 is 0 Å². The van der Waals surface area contributed by atoms with Crippen LogP contribution in [0.5, 0.6) is 0 Å². The molecule has 1 nitrogen and oxygen atoms in total. The van der Waals surface area contributed by atoms with E-state index in [0.29, 0.717) is 11.8 Å². The molecular formula is C15H25N. The Morgan fingerprint density at radius 2 is 1.69 bits per heavy atom. The number of benzene rings is 1. The Morgan fingerprint density at radius 3 is 2.12 bits per heavy atom. The molecule has 0 aliphatic heterocycles. The first-order valence-corrected chi connectivity index (χ1v) is 6.21. The molecule has 90 valence electrons. The smallest absolute Gasteiger partial charge is 0.00256 e. The van der Waals surface area contributed by atoms with Crippen molar-refractivity contribution in [2.45, 2.75) is 40.0 Å². The summed E-state index contributed by atoms with van der Waals surface area (Å²) < 4.78 is 0. The average molecular weight is 219 g/mol. The van der Waals surface area contributed by atoms with Crippen LogP contribution in [0.2, 0.25) is 0 Å². The molecule has 0 saturated heterocycles. The summed E-state index contributed by atoms with van der Waals surface area (Å²) in [4.78, 5) is 0. The van der Waals surface area contributed by atoms with E-state index < -0.39 is 0 Å². The van der Waals surface area contributed by atoms with Gasteiger partial charge in [0.15, 0.2) is 0 Å². The largest absolute Gasteiger partial charge is 0.330 e. The lowest BCUT2D eigenvalue weighted by molar-refractivity contribution is 0.282. The van der Waals surface area contributed by atoms with Crippen LogP contribution >= 0.6 is 0 Å². The summed E-state index contributed by atoms with van der Waals surface area (Å²) in [7, 11) is 0. The normalized spacial score (nSPS) is 14.1. The van der Waals surface area contributed by atoms with Crippen molar-refractivity contribution in [2.24, 2.45) is 17.1 Å². The number of rotatable bonds is 5. The Balaban J connectivity index is 2.85. The fourth-order valence-electron chi connectivity index (χ4n) is 2.12. The van der Waals surface area contributed by atoms with Gasteiger partial charge in [0.2, 0.25) is 0 Å². The third-order valence-corrected chi connectivity index (χ3v) is 3.36. The molecule has 0 saturated carbocycles. The lowest BCUT2D eigenvalue weighted by atomic mass is 9.75. The topological polar surface area (TPSA) is 26.0 Å². The Kier molecular flexibility index (Phi) is 4.55. The summed E-state index contributed by atoms with van der Waals surface area (Å²) in [6.07, 6.45) is 1.16. The molecule has 0 heterocycles. The van der Waals surface area contributed by atoms with Crippen molar-refractivity contribution in [3.8, 4) is 0 Å². The van der Waals surface area contributed by atoms with E-state index in [1.54, 1.807) is 0 Å². The highest BCUT2D eigenvalue weighted by molar-refractivity contribution is 5.20. The zero-order valence-electron chi connectivity index (χ0n) is 11.0. The number of hydrogen-bond acceptors (Lipinski definition) is 1. The fourth-order valence-corrected chi connectivity index (χ4v) is 2.12. The lowest BCUT2D eigenvalue weighted by Gasteiger charge is -2.31. The maximum Gasteiger partial charge on any atom is -0.00256 e. The zero-order valence-corrected chi connectivity index (χ0v) is 11.0. The molecule has 0 fully saturated rings. The predicted molar refractivity (Wildman–Crippen MR) is 71.5 cm³/mol. The van der Waals surface area contributed by atoms with Crippen molar-refractivity contribution in [1.82, 2.24) is 0 Å². The van der Waals surface area contributed by atoms with E-state index in [-0.39, 0.29) is 5.41 Å². The Hall–Kier alpha value is -0.820. The highest BCUT2D eigenvalue weighted by atomic mass is 14.6. The fraction of sp³-hybridized carbons (Fsp3) is 0.600. The van der Waals surface area contributed by atoms with Gasteiger partial charge in [0.1, 0.15) is 0 Å². The molecule has 0 aliphatic rings. The maximum atomic E-state index is 5.83. The van der Waals surface area contributed by atoms with Crippen molar-refractivity contribution in [3.63, 3.8) is 0 Å². The molecule has 0 spiro atoms. The third kappa shape index (κ3) is 3.64. The van der Waals surface area contributed by atoms with E-state index >= 15 is 0 Å². The Bertz CT molecular complexity index is 300. The first kappa shape index (κ1) is 13.2. The highest BCUT2D eigenvalue weighted by Gasteiger charge is 2.25. The molecule has 0 aliphatic carbocycles. The van der Waals surface area contributed by atoms with E-state index in [1.165, 1.54) is 5.56 Å². The van der Waals surface area contributed by atoms with Gasteiger partial charge in [-0.1, -0.05) is 58.0 Å². The van der Waals surface area contributed by atoms with Crippen LogP contribution in [0.1, 0.15) is 45.6 Å². The summed E-state index contributed by atoms with van der Waals surface area (Å²) in [5, 5.41) is 0. The number of nitrogens with two attached hydrogens (primary N) is 1. The van der Waals surface area contributed by atoms with Crippen LogP contribution in [0.4, 0.5) is 0 Å². The first-order valence-electron chi connectivity index (χ1n) is 6.21. The molecule has 1 atom stereocenters.